The lowest BCUT2D eigenvalue weighted by atomic mass is 9.82. The maximum atomic E-state index is 12.6. The predicted molar refractivity (Wildman–Crippen MR) is 129 cm³/mol. The number of imidazole rings is 1. The summed E-state index contributed by atoms with van der Waals surface area (Å²) in [6.45, 7) is 0. The maximum absolute atomic E-state index is 12.6. The molecule has 0 amide bonds. The Hall–Kier alpha value is -3.19. The lowest BCUT2D eigenvalue weighted by Crippen LogP contribution is -2.31. The number of hydrogen-bond acceptors (Lipinski definition) is 4. The van der Waals surface area contributed by atoms with Crippen LogP contribution in [0.3, 0.4) is 0 Å². The fourth-order valence-corrected chi connectivity index (χ4v) is 5.06. The van der Waals surface area contributed by atoms with E-state index in [1.165, 1.54) is 0 Å². The number of thiophene rings is 1. The number of pyridine rings is 1. The van der Waals surface area contributed by atoms with Crippen molar-refractivity contribution in [1.82, 2.24) is 14.1 Å². The molecule has 0 aliphatic carbocycles. The van der Waals surface area contributed by atoms with Crippen molar-refractivity contribution in [3.05, 3.63) is 111 Å². The van der Waals surface area contributed by atoms with Gasteiger partial charge in [0.2, 0.25) is 0 Å². The molecule has 5 aromatic rings. The van der Waals surface area contributed by atoms with Crippen LogP contribution in [0.2, 0.25) is 5.02 Å². The van der Waals surface area contributed by atoms with Crippen molar-refractivity contribution in [2.75, 3.05) is 0 Å². The molecule has 1 N–H and O–H groups in total. The average molecular weight is 462 g/mol. The van der Waals surface area contributed by atoms with Gasteiger partial charge in [-0.15, -0.1) is 11.3 Å². The first kappa shape index (κ1) is 20.7. The summed E-state index contributed by atoms with van der Waals surface area (Å²) in [7, 11) is 3.61. The van der Waals surface area contributed by atoms with Crippen molar-refractivity contribution in [2.45, 2.75) is 5.60 Å². The third kappa shape index (κ3) is 3.19. The van der Waals surface area contributed by atoms with E-state index in [0.717, 1.165) is 21.3 Å². The molecule has 0 fully saturated rings. The first-order valence-electron chi connectivity index (χ1n) is 10.0. The zero-order valence-corrected chi connectivity index (χ0v) is 19.1. The molecule has 160 valence electrons. The zero-order chi connectivity index (χ0) is 22.5. The highest BCUT2D eigenvalue weighted by molar-refractivity contribution is 7.13. The molecule has 0 radical (unpaired) electrons. The summed E-state index contributed by atoms with van der Waals surface area (Å²) in [6, 6.07) is 18.5. The molecule has 0 spiro atoms. The standard InChI is InChI=1S/C25H20ClN3O2S/c1-28-15-27-14-23(28)25(31,16-5-8-18(26)9-6-16)17-7-10-21-19(12-17)20(13-24(30)29(21)2)22-4-3-11-32-22/h3-15,31H,1-2H3. The predicted octanol–water partition coefficient (Wildman–Crippen LogP) is 4.94. The monoisotopic (exact) mass is 461 g/mol. The Kier molecular flexibility index (Phi) is 5.01. The minimum absolute atomic E-state index is 0.0757. The van der Waals surface area contributed by atoms with Crippen molar-refractivity contribution in [3.8, 4) is 10.4 Å². The smallest absolute Gasteiger partial charge is 0.251 e. The van der Waals surface area contributed by atoms with Gasteiger partial charge in [0.25, 0.3) is 5.56 Å². The summed E-state index contributed by atoms with van der Waals surface area (Å²) in [5.41, 5.74) is 2.08. The van der Waals surface area contributed by atoms with Crippen molar-refractivity contribution < 1.29 is 5.11 Å². The second-order valence-electron chi connectivity index (χ2n) is 7.77. The molecule has 0 saturated heterocycles. The van der Waals surface area contributed by atoms with E-state index in [2.05, 4.69) is 4.98 Å². The number of aromatic nitrogens is 3. The third-order valence-corrected chi connectivity index (χ3v) is 7.06. The van der Waals surface area contributed by atoms with Gasteiger partial charge in [-0.3, -0.25) is 4.79 Å². The molecule has 5 nitrogen and oxygen atoms in total. The van der Waals surface area contributed by atoms with Crippen LogP contribution in [-0.2, 0) is 19.7 Å². The first-order chi connectivity index (χ1) is 15.4. The van der Waals surface area contributed by atoms with Gasteiger partial charge in [-0.25, -0.2) is 4.98 Å². The molecule has 0 bridgehead atoms. The van der Waals surface area contributed by atoms with Crippen LogP contribution in [0, 0.1) is 0 Å². The van der Waals surface area contributed by atoms with Crippen LogP contribution in [0.4, 0.5) is 0 Å². The number of aryl methyl sites for hydroxylation is 2. The van der Waals surface area contributed by atoms with Gasteiger partial charge in [-0.2, -0.15) is 0 Å². The van der Waals surface area contributed by atoms with Gasteiger partial charge in [0.15, 0.2) is 5.60 Å². The van der Waals surface area contributed by atoms with Crippen molar-refractivity contribution in [2.24, 2.45) is 14.1 Å². The Balaban J connectivity index is 1.84. The molecule has 5 rings (SSSR count). The lowest BCUT2D eigenvalue weighted by Gasteiger charge is -2.30. The number of rotatable bonds is 4. The van der Waals surface area contributed by atoms with E-state index in [1.807, 2.05) is 54.9 Å². The highest BCUT2D eigenvalue weighted by atomic mass is 35.5. The Morgan fingerprint density at radius 3 is 2.44 bits per heavy atom. The molecule has 0 saturated carbocycles. The van der Waals surface area contributed by atoms with Gasteiger partial charge < -0.3 is 14.2 Å². The van der Waals surface area contributed by atoms with Crippen molar-refractivity contribution in [1.29, 1.82) is 0 Å². The molecule has 7 heteroatoms. The number of hydrogen-bond donors (Lipinski definition) is 1. The Morgan fingerprint density at radius 2 is 1.78 bits per heavy atom. The quantitative estimate of drug-likeness (QED) is 0.412. The summed E-state index contributed by atoms with van der Waals surface area (Å²) in [5.74, 6) is 0. The van der Waals surface area contributed by atoms with E-state index >= 15 is 0 Å². The van der Waals surface area contributed by atoms with Crippen molar-refractivity contribution in [3.63, 3.8) is 0 Å². The lowest BCUT2D eigenvalue weighted by molar-refractivity contribution is 0.117. The van der Waals surface area contributed by atoms with Gasteiger partial charge in [-0.05, 0) is 46.8 Å². The summed E-state index contributed by atoms with van der Waals surface area (Å²) in [6.07, 6.45) is 3.33. The number of fused-ring (bicyclic) bond motifs is 1. The zero-order valence-electron chi connectivity index (χ0n) is 17.5. The van der Waals surface area contributed by atoms with Crippen molar-refractivity contribution >= 4 is 33.8 Å². The molecule has 2 aromatic carbocycles. The minimum atomic E-state index is -1.47. The summed E-state index contributed by atoms with van der Waals surface area (Å²) >= 11 is 7.70. The Bertz CT molecular complexity index is 1490. The van der Waals surface area contributed by atoms with E-state index in [-0.39, 0.29) is 5.56 Å². The van der Waals surface area contributed by atoms with Gasteiger partial charge in [0.1, 0.15) is 0 Å². The van der Waals surface area contributed by atoms with Crippen LogP contribution in [-0.4, -0.2) is 19.2 Å². The molecule has 32 heavy (non-hydrogen) atoms. The van der Waals surface area contributed by atoms with E-state index in [9.17, 15) is 9.90 Å². The molecule has 1 unspecified atom stereocenters. The topological polar surface area (TPSA) is 60.0 Å². The number of benzene rings is 2. The average Bonchev–Trinajstić information content (AvgIpc) is 3.48. The fourth-order valence-electron chi connectivity index (χ4n) is 4.18. The van der Waals surface area contributed by atoms with E-state index < -0.39 is 5.60 Å². The molecule has 0 aliphatic heterocycles. The summed E-state index contributed by atoms with van der Waals surface area (Å²) in [4.78, 5) is 17.8. The summed E-state index contributed by atoms with van der Waals surface area (Å²) < 4.78 is 3.43. The van der Waals surface area contributed by atoms with Crippen LogP contribution in [0.25, 0.3) is 21.3 Å². The van der Waals surface area contributed by atoms with Gasteiger partial charge in [-0.1, -0.05) is 35.9 Å². The highest BCUT2D eigenvalue weighted by Gasteiger charge is 2.37. The second-order valence-corrected chi connectivity index (χ2v) is 9.16. The minimum Gasteiger partial charge on any atom is -0.374 e. The van der Waals surface area contributed by atoms with Crippen LogP contribution >= 0.6 is 22.9 Å². The maximum Gasteiger partial charge on any atom is 0.251 e. The number of nitrogens with zero attached hydrogens (tertiary/aromatic N) is 3. The number of aliphatic hydroxyl groups is 1. The summed E-state index contributed by atoms with van der Waals surface area (Å²) in [5, 5.41) is 15.7. The first-order valence-corrected chi connectivity index (χ1v) is 11.3. The van der Waals surface area contributed by atoms with Gasteiger partial charge in [0, 0.05) is 41.0 Å². The Labute approximate surface area is 193 Å². The molecular weight excluding hydrogens is 442 g/mol. The fraction of sp³-hybridized carbons (Fsp3) is 0.120. The van der Waals surface area contributed by atoms with Gasteiger partial charge in [0.05, 0.1) is 23.7 Å². The second kappa shape index (κ2) is 7.74. The normalized spacial score (nSPS) is 13.4. The van der Waals surface area contributed by atoms with Crippen LogP contribution in [0.15, 0.2) is 83.4 Å². The van der Waals surface area contributed by atoms with E-state index in [1.54, 1.807) is 58.2 Å². The van der Waals surface area contributed by atoms with Crippen LogP contribution in [0.5, 0.6) is 0 Å². The molecule has 1 atom stereocenters. The van der Waals surface area contributed by atoms with Crippen LogP contribution in [0.1, 0.15) is 16.8 Å². The van der Waals surface area contributed by atoms with E-state index in [0.29, 0.717) is 21.8 Å². The van der Waals surface area contributed by atoms with Gasteiger partial charge >= 0.3 is 0 Å². The van der Waals surface area contributed by atoms with E-state index in [4.69, 9.17) is 11.6 Å². The molecule has 3 aromatic heterocycles. The highest BCUT2D eigenvalue weighted by Crippen LogP contribution is 2.39. The third-order valence-electron chi connectivity index (χ3n) is 5.90. The molecule has 0 aliphatic rings. The van der Waals surface area contributed by atoms with Crippen LogP contribution < -0.4 is 5.56 Å². The number of halogens is 1. The Morgan fingerprint density at radius 1 is 1.03 bits per heavy atom. The molecular formula is C25H20ClN3O2S. The SMILES string of the molecule is Cn1cncc1C(O)(c1ccc(Cl)cc1)c1ccc2c(c1)c(-c1cccs1)cc(=O)n2C. The molecule has 3 heterocycles. The largest absolute Gasteiger partial charge is 0.374 e.